The highest BCUT2D eigenvalue weighted by Crippen LogP contribution is 2.33. The van der Waals surface area contributed by atoms with Crippen LogP contribution in [-0.2, 0) is 9.59 Å². The zero-order valence-corrected chi connectivity index (χ0v) is 13.0. The quantitative estimate of drug-likeness (QED) is 0.656. The van der Waals surface area contributed by atoms with Crippen LogP contribution in [0.3, 0.4) is 0 Å². The zero-order chi connectivity index (χ0) is 15.7. The van der Waals surface area contributed by atoms with E-state index in [-0.39, 0.29) is 10.1 Å². The molecule has 2 rings (SSSR count). The molecule has 21 heavy (non-hydrogen) atoms. The van der Waals surface area contributed by atoms with Crippen molar-refractivity contribution in [3.8, 4) is 5.75 Å². The first-order chi connectivity index (χ1) is 9.79. The molecule has 2 N–H and O–H groups in total. The van der Waals surface area contributed by atoms with E-state index in [4.69, 9.17) is 17.3 Å². The Balaban J connectivity index is 2.33. The molecule has 1 saturated heterocycles. The van der Waals surface area contributed by atoms with E-state index in [0.29, 0.717) is 10.5 Å². The number of thiocarbonyl (C=S) groups is 1. The van der Waals surface area contributed by atoms with Gasteiger partial charge in [0.1, 0.15) is 16.6 Å². The summed E-state index contributed by atoms with van der Waals surface area (Å²) in [7, 11) is 0. The van der Waals surface area contributed by atoms with Gasteiger partial charge in [0.05, 0.1) is 4.91 Å². The third kappa shape index (κ3) is 3.25. The van der Waals surface area contributed by atoms with Crippen molar-refractivity contribution in [2.24, 2.45) is 0 Å². The minimum absolute atomic E-state index is 0.155. The molecule has 1 amide bonds. The van der Waals surface area contributed by atoms with Crippen molar-refractivity contribution in [1.82, 2.24) is 4.90 Å². The summed E-state index contributed by atoms with van der Waals surface area (Å²) >= 11 is 6.07. The van der Waals surface area contributed by atoms with Gasteiger partial charge in [-0.2, -0.15) is 0 Å². The standard InChI is InChI=1S/C14H13NO4S2/c1-7-3-9(4-10(16)8(7)2)5-11-13(19)15(6-12(17)18)14(20)21-11/h3-5,16H,6H2,1-2H3,(H,17,18)/b11-5-. The molecule has 1 aliphatic heterocycles. The summed E-state index contributed by atoms with van der Waals surface area (Å²) in [6.45, 7) is 3.23. The average Bonchev–Trinajstić information content (AvgIpc) is 2.63. The van der Waals surface area contributed by atoms with Gasteiger partial charge in [-0.3, -0.25) is 14.5 Å². The minimum atomic E-state index is -1.11. The van der Waals surface area contributed by atoms with Gasteiger partial charge in [-0.15, -0.1) is 0 Å². The van der Waals surface area contributed by atoms with E-state index in [1.165, 1.54) is 0 Å². The molecule has 0 saturated carbocycles. The number of aromatic hydroxyl groups is 1. The number of benzene rings is 1. The number of phenolic OH excluding ortho intramolecular Hbond substituents is 1. The lowest BCUT2D eigenvalue weighted by Crippen LogP contribution is -2.33. The fourth-order valence-electron chi connectivity index (χ4n) is 1.87. The molecule has 0 atom stereocenters. The third-order valence-corrected chi connectivity index (χ3v) is 4.50. The molecule has 0 bridgehead atoms. The summed E-state index contributed by atoms with van der Waals surface area (Å²) in [5, 5.41) is 18.6. The molecule has 1 aromatic carbocycles. The molecule has 110 valence electrons. The number of carboxylic acid groups (broad SMARTS) is 1. The second-order valence-corrected chi connectivity index (χ2v) is 6.32. The number of rotatable bonds is 3. The molecular formula is C14H13NO4S2. The number of hydrogen-bond acceptors (Lipinski definition) is 5. The fourth-order valence-corrected chi connectivity index (χ4v) is 3.13. The lowest BCUT2D eigenvalue weighted by Gasteiger charge is -2.10. The summed E-state index contributed by atoms with van der Waals surface area (Å²) in [4.78, 5) is 24.2. The molecular weight excluding hydrogens is 310 g/mol. The lowest BCUT2D eigenvalue weighted by molar-refractivity contribution is -0.140. The molecule has 1 aliphatic rings. The monoisotopic (exact) mass is 323 g/mol. The van der Waals surface area contributed by atoms with Gasteiger partial charge in [0.15, 0.2) is 0 Å². The van der Waals surface area contributed by atoms with E-state index in [0.717, 1.165) is 27.8 Å². The van der Waals surface area contributed by atoms with Crippen LogP contribution in [0.4, 0.5) is 0 Å². The number of carbonyl (C=O) groups is 2. The van der Waals surface area contributed by atoms with Crippen molar-refractivity contribution >= 4 is 46.3 Å². The first-order valence-electron chi connectivity index (χ1n) is 6.07. The van der Waals surface area contributed by atoms with Crippen molar-refractivity contribution in [3.05, 3.63) is 33.7 Å². The number of phenols is 1. The van der Waals surface area contributed by atoms with Gasteiger partial charge in [0, 0.05) is 0 Å². The number of amides is 1. The lowest BCUT2D eigenvalue weighted by atomic mass is 10.0. The maximum atomic E-state index is 12.1. The summed E-state index contributed by atoms with van der Waals surface area (Å²) in [6.07, 6.45) is 1.60. The largest absolute Gasteiger partial charge is 0.508 e. The number of hydrogen-bond donors (Lipinski definition) is 2. The van der Waals surface area contributed by atoms with E-state index < -0.39 is 18.4 Å². The van der Waals surface area contributed by atoms with Crippen LogP contribution in [0, 0.1) is 13.8 Å². The Morgan fingerprint density at radius 3 is 2.67 bits per heavy atom. The number of carboxylic acids is 1. The number of aryl methyl sites for hydroxylation is 1. The van der Waals surface area contributed by atoms with Gasteiger partial charge in [0.25, 0.3) is 5.91 Å². The van der Waals surface area contributed by atoms with Gasteiger partial charge in [-0.25, -0.2) is 0 Å². The first kappa shape index (κ1) is 15.5. The normalized spacial score (nSPS) is 16.9. The Hall–Kier alpha value is -1.86. The van der Waals surface area contributed by atoms with Crippen LogP contribution in [0.25, 0.3) is 6.08 Å². The predicted molar refractivity (Wildman–Crippen MR) is 85.1 cm³/mol. The fraction of sp³-hybridized carbons (Fsp3) is 0.214. The Morgan fingerprint density at radius 2 is 2.10 bits per heavy atom. The Kier molecular flexibility index (Phi) is 4.34. The second-order valence-electron chi connectivity index (χ2n) is 4.64. The molecule has 0 spiro atoms. The van der Waals surface area contributed by atoms with Crippen LogP contribution >= 0.6 is 24.0 Å². The number of aliphatic carboxylic acids is 1. The number of carbonyl (C=O) groups excluding carboxylic acids is 1. The smallest absolute Gasteiger partial charge is 0.323 e. The van der Waals surface area contributed by atoms with E-state index >= 15 is 0 Å². The van der Waals surface area contributed by atoms with Crippen molar-refractivity contribution in [2.75, 3.05) is 6.54 Å². The highest BCUT2D eigenvalue weighted by Gasteiger charge is 2.33. The highest BCUT2D eigenvalue weighted by atomic mass is 32.2. The minimum Gasteiger partial charge on any atom is -0.508 e. The zero-order valence-electron chi connectivity index (χ0n) is 11.4. The summed E-state index contributed by atoms with van der Waals surface area (Å²) in [5.74, 6) is -1.39. The van der Waals surface area contributed by atoms with Crippen molar-refractivity contribution in [1.29, 1.82) is 0 Å². The first-order valence-corrected chi connectivity index (χ1v) is 7.29. The molecule has 1 heterocycles. The van der Waals surface area contributed by atoms with Crippen LogP contribution in [0.15, 0.2) is 17.0 Å². The third-order valence-electron chi connectivity index (χ3n) is 3.13. The predicted octanol–water partition coefficient (Wildman–Crippen LogP) is 2.29. The highest BCUT2D eigenvalue weighted by molar-refractivity contribution is 8.26. The number of nitrogens with zero attached hydrogens (tertiary/aromatic N) is 1. The van der Waals surface area contributed by atoms with E-state index in [1.54, 1.807) is 19.1 Å². The Labute approximate surface area is 131 Å². The topological polar surface area (TPSA) is 77.8 Å². The molecule has 0 radical (unpaired) electrons. The van der Waals surface area contributed by atoms with Crippen molar-refractivity contribution in [3.63, 3.8) is 0 Å². The van der Waals surface area contributed by atoms with Gasteiger partial charge in [-0.1, -0.05) is 30.0 Å². The molecule has 1 aromatic rings. The van der Waals surface area contributed by atoms with Crippen LogP contribution in [0.2, 0.25) is 0 Å². The van der Waals surface area contributed by atoms with Gasteiger partial charge < -0.3 is 10.2 Å². The second kappa shape index (κ2) is 5.87. The van der Waals surface area contributed by atoms with E-state index in [2.05, 4.69) is 0 Å². The maximum Gasteiger partial charge on any atom is 0.323 e. The van der Waals surface area contributed by atoms with Gasteiger partial charge in [0.2, 0.25) is 0 Å². The SMILES string of the molecule is Cc1cc(/C=C2\SC(=S)N(CC(=O)O)C2=O)cc(O)c1C. The molecule has 1 fully saturated rings. The Morgan fingerprint density at radius 1 is 1.43 bits per heavy atom. The maximum absolute atomic E-state index is 12.1. The van der Waals surface area contributed by atoms with Gasteiger partial charge >= 0.3 is 5.97 Å². The van der Waals surface area contributed by atoms with Crippen LogP contribution in [0.1, 0.15) is 16.7 Å². The summed E-state index contributed by atoms with van der Waals surface area (Å²) in [6, 6.07) is 3.41. The van der Waals surface area contributed by atoms with E-state index in [1.807, 2.05) is 13.0 Å². The molecule has 0 aliphatic carbocycles. The van der Waals surface area contributed by atoms with E-state index in [9.17, 15) is 14.7 Å². The Bertz CT molecular complexity index is 659. The van der Waals surface area contributed by atoms with Crippen molar-refractivity contribution < 1.29 is 19.8 Å². The van der Waals surface area contributed by atoms with Gasteiger partial charge in [-0.05, 0) is 42.7 Å². The summed E-state index contributed by atoms with van der Waals surface area (Å²) in [5.41, 5.74) is 2.36. The number of thioether (sulfide) groups is 1. The molecule has 7 heteroatoms. The van der Waals surface area contributed by atoms with Crippen LogP contribution < -0.4 is 0 Å². The molecule has 0 aromatic heterocycles. The average molecular weight is 323 g/mol. The molecule has 5 nitrogen and oxygen atoms in total. The van der Waals surface area contributed by atoms with Crippen LogP contribution in [-0.4, -0.2) is 37.9 Å². The molecule has 0 unspecified atom stereocenters. The summed E-state index contributed by atoms with van der Waals surface area (Å²) < 4.78 is 0.224. The van der Waals surface area contributed by atoms with Crippen LogP contribution in [0.5, 0.6) is 5.75 Å². The van der Waals surface area contributed by atoms with Crippen molar-refractivity contribution in [2.45, 2.75) is 13.8 Å².